The van der Waals surface area contributed by atoms with Gasteiger partial charge in [-0.25, -0.2) is 8.42 Å². The minimum atomic E-state index is -3.76. The van der Waals surface area contributed by atoms with Crippen LogP contribution in [0.3, 0.4) is 0 Å². The van der Waals surface area contributed by atoms with Crippen LogP contribution >= 0.6 is 11.3 Å². The van der Waals surface area contributed by atoms with Gasteiger partial charge in [-0.15, -0.1) is 11.3 Å². The zero-order valence-electron chi connectivity index (χ0n) is 15.9. The van der Waals surface area contributed by atoms with Crippen molar-refractivity contribution in [3.05, 3.63) is 34.5 Å². The number of ether oxygens (including phenoxy) is 3. The van der Waals surface area contributed by atoms with Gasteiger partial charge in [0.15, 0.2) is 11.5 Å². The molecular weight excluding hydrogens is 404 g/mol. The summed E-state index contributed by atoms with van der Waals surface area (Å²) >= 11 is 1.10. The Kier molecular flexibility index (Phi) is 6.23. The van der Waals surface area contributed by atoms with Crippen molar-refractivity contribution in [2.45, 2.75) is 4.90 Å². The molecule has 0 atom stereocenters. The third-order valence-electron chi connectivity index (χ3n) is 4.47. The molecule has 0 radical (unpaired) electrons. The normalized spacial score (nSPS) is 15.2. The number of rotatable bonds is 6. The lowest BCUT2D eigenvalue weighted by atomic mass is 10.2. The second kappa shape index (κ2) is 8.48. The molecular formula is C18H22N2O6S2. The summed E-state index contributed by atoms with van der Waals surface area (Å²) in [4.78, 5) is 14.7. The number of amides is 1. The van der Waals surface area contributed by atoms with Crippen molar-refractivity contribution < 1.29 is 27.4 Å². The van der Waals surface area contributed by atoms with Gasteiger partial charge >= 0.3 is 0 Å². The molecule has 1 amide bonds. The monoisotopic (exact) mass is 426 g/mol. The van der Waals surface area contributed by atoms with Gasteiger partial charge in [-0.3, -0.25) is 4.79 Å². The molecule has 1 saturated heterocycles. The molecule has 28 heavy (non-hydrogen) atoms. The summed E-state index contributed by atoms with van der Waals surface area (Å²) < 4.78 is 43.0. The van der Waals surface area contributed by atoms with Crippen molar-refractivity contribution in [1.29, 1.82) is 0 Å². The number of hydrogen-bond donors (Lipinski definition) is 0. The van der Waals surface area contributed by atoms with Crippen molar-refractivity contribution in [1.82, 2.24) is 4.31 Å². The summed E-state index contributed by atoms with van der Waals surface area (Å²) in [5.74, 6) is 0.611. The van der Waals surface area contributed by atoms with Crippen LogP contribution in [-0.4, -0.2) is 66.2 Å². The number of anilines is 1. The number of nitrogens with zero attached hydrogens (tertiary/aromatic N) is 2. The van der Waals surface area contributed by atoms with E-state index in [9.17, 15) is 13.2 Å². The van der Waals surface area contributed by atoms with E-state index >= 15 is 0 Å². The van der Waals surface area contributed by atoms with E-state index in [2.05, 4.69) is 0 Å². The average molecular weight is 427 g/mol. The van der Waals surface area contributed by atoms with Crippen LogP contribution in [0.15, 0.2) is 34.5 Å². The van der Waals surface area contributed by atoms with Gasteiger partial charge in [0, 0.05) is 31.9 Å². The zero-order valence-corrected chi connectivity index (χ0v) is 17.5. The first kappa shape index (κ1) is 20.6. The molecule has 0 unspecified atom stereocenters. The number of carbonyl (C=O) groups excluding carboxylic acids is 1. The van der Waals surface area contributed by atoms with Gasteiger partial charge in [0.2, 0.25) is 10.0 Å². The molecule has 0 spiro atoms. The molecule has 10 heteroatoms. The number of hydrogen-bond acceptors (Lipinski definition) is 7. The fraction of sp³-hybridized carbons (Fsp3) is 0.389. The van der Waals surface area contributed by atoms with Crippen molar-refractivity contribution >= 4 is 33.0 Å². The molecule has 0 saturated carbocycles. The maximum atomic E-state index is 13.1. The Morgan fingerprint density at radius 2 is 1.82 bits per heavy atom. The van der Waals surface area contributed by atoms with Crippen molar-refractivity contribution in [3.63, 3.8) is 0 Å². The highest BCUT2D eigenvalue weighted by Crippen LogP contribution is 2.33. The Morgan fingerprint density at radius 1 is 1.14 bits per heavy atom. The Bertz CT molecular complexity index is 951. The summed E-state index contributed by atoms with van der Waals surface area (Å²) in [6, 6.07) is 6.55. The fourth-order valence-electron chi connectivity index (χ4n) is 2.89. The molecule has 0 aliphatic carbocycles. The molecule has 0 N–H and O–H groups in total. The summed E-state index contributed by atoms with van der Waals surface area (Å²) in [5.41, 5.74) is 0.561. The smallest absolute Gasteiger partial charge is 0.269 e. The Labute approximate surface area is 168 Å². The second-order valence-electron chi connectivity index (χ2n) is 6.03. The van der Waals surface area contributed by atoms with E-state index in [0.29, 0.717) is 30.4 Å². The van der Waals surface area contributed by atoms with Crippen LogP contribution in [0.4, 0.5) is 5.69 Å². The third-order valence-corrected chi connectivity index (χ3v) is 7.44. The largest absolute Gasteiger partial charge is 0.493 e. The van der Waals surface area contributed by atoms with Crippen molar-refractivity contribution in [3.8, 4) is 11.5 Å². The fourth-order valence-corrected chi connectivity index (χ4v) is 5.66. The molecule has 1 aliphatic heterocycles. The molecule has 1 fully saturated rings. The van der Waals surface area contributed by atoms with Crippen LogP contribution < -0.4 is 14.4 Å². The van der Waals surface area contributed by atoms with Crippen molar-refractivity contribution in [2.24, 2.45) is 0 Å². The van der Waals surface area contributed by atoms with E-state index in [1.807, 2.05) is 0 Å². The van der Waals surface area contributed by atoms with Gasteiger partial charge in [0.05, 0.1) is 27.4 Å². The van der Waals surface area contributed by atoms with E-state index < -0.39 is 15.9 Å². The van der Waals surface area contributed by atoms with E-state index in [4.69, 9.17) is 14.2 Å². The standard InChI is InChI=1S/C18H22N2O6S2/c1-19(13-4-5-14(24-2)15(12-13)25-3)18(21)17-16(6-11-27-17)28(22,23)20-7-9-26-10-8-20/h4-6,11-12H,7-10H2,1-3H3. The maximum absolute atomic E-state index is 13.1. The quantitative estimate of drug-likeness (QED) is 0.703. The number of methoxy groups -OCH3 is 2. The molecule has 3 rings (SSSR count). The number of sulfonamides is 1. The van der Waals surface area contributed by atoms with Crippen LogP contribution in [0.2, 0.25) is 0 Å². The summed E-state index contributed by atoms with van der Waals surface area (Å²) in [7, 11) is 0.868. The van der Waals surface area contributed by atoms with Crippen LogP contribution in [0.1, 0.15) is 9.67 Å². The van der Waals surface area contributed by atoms with E-state index in [-0.39, 0.29) is 22.9 Å². The highest BCUT2D eigenvalue weighted by Gasteiger charge is 2.32. The van der Waals surface area contributed by atoms with E-state index in [0.717, 1.165) is 11.3 Å². The topological polar surface area (TPSA) is 85.4 Å². The number of morpholine rings is 1. The molecule has 1 aromatic heterocycles. The van der Waals surface area contributed by atoms with Crippen LogP contribution in [-0.2, 0) is 14.8 Å². The van der Waals surface area contributed by atoms with Crippen molar-refractivity contribution in [2.75, 3.05) is 52.5 Å². The zero-order chi connectivity index (χ0) is 20.3. The van der Waals surface area contributed by atoms with E-state index in [1.54, 1.807) is 30.6 Å². The molecule has 0 bridgehead atoms. The number of carbonyl (C=O) groups is 1. The molecule has 152 valence electrons. The SMILES string of the molecule is COc1ccc(N(C)C(=O)c2sccc2S(=O)(=O)N2CCOCC2)cc1OC. The highest BCUT2D eigenvalue weighted by atomic mass is 32.2. The summed E-state index contributed by atoms with van der Waals surface area (Å²) in [5, 5.41) is 1.61. The van der Waals surface area contributed by atoms with Gasteiger partial charge in [-0.05, 0) is 23.6 Å². The third kappa shape index (κ3) is 3.86. The molecule has 8 nitrogen and oxygen atoms in total. The van der Waals surface area contributed by atoms with Crippen LogP contribution in [0.5, 0.6) is 11.5 Å². The van der Waals surface area contributed by atoms with Gasteiger partial charge in [0.25, 0.3) is 5.91 Å². The summed E-state index contributed by atoms with van der Waals surface area (Å²) in [6.45, 7) is 1.24. The minimum Gasteiger partial charge on any atom is -0.493 e. The predicted molar refractivity (Wildman–Crippen MR) is 106 cm³/mol. The van der Waals surface area contributed by atoms with Gasteiger partial charge < -0.3 is 19.1 Å². The van der Waals surface area contributed by atoms with Crippen LogP contribution in [0.25, 0.3) is 0 Å². The number of thiophene rings is 1. The van der Waals surface area contributed by atoms with Gasteiger partial charge in [-0.2, -0.15) is 4.31 Å². The van der Waals surface area contributed by atoms with Crippen LogP contribution in [0, 0.1) is 0 Å². The predicted octanol–water partition coefficient (Wildman–Crippen LogP) is 2.06. The molecule has 1 aromatic carbocycles. The Morgan fingerprint density at radius 3 is 2.46 bits per heavy atom. The molecule has 2 aromatic rings. The minimum absolute atomic E-state index is 0.0247. The first-order chi connectivity index (χ1) is 13.4. The van der Waals surface area contributed by atoms with E-state index in [1.165, 1.54) is 29.5 Å². The summed E-state index contributed by atoms with van der Waals surface area (Å²) in [6.07, 6.45) is 0. The van der Waals surface area contributed by atoms with Gasteiger partial charge in [0.1, 0.15) is 9.77 Å². The Hall–Kier alpha value is -2.14. The second-order valence-corrected chi connectivity index (χ2v) is 8.86. The maximum Gasteiger partial charge on any atom is 0.269 e. The lowest BCUT2D eigenvalue weighted by Gasteiger charge is -2.26. The average Bonchev–Trinajstić information content (AvgIpc) is 3.23. The van der Waals surface area contributed by atoms with Gasteiger partial charge in [-0.1, -0.05) is 0 Å². The Balaban J connectivity index is 1.91. The lowest BCUT2D eigenvalue weighted by molar-refractivity contribution is 0.0730. The first-order valence-corrected chi connectivity index (χ1v) is 10.9. The molecule has 2 heterocycles. The highest BCUT2D eigenvalue weighted by molar-refractivity contribution is 7.89. The lowest BCUT2D eigenvalue weighted by Crippen LogP contribution is -2.41. The first-order valence-electron chi connectivity index (χ1n) is 8.55. The molecule has 1 aliphatic rings. The number of benzene rings is 1.